The van der Waals surface area contributed by atoms with E-state index in [9.17, 15) is 14.7 Å². The van der Waals surface area contributed by atoms with E-state index >= 15 is 0 Å². The molecule has 8 N–H and O–H groups in total. The minimum Gasteiger partial charge on any atom is -0.465 e. The van der Waals surface area contributed by atoms with E-state index in [4.69, 9.17) is 4.74 Å². The molecule has 3 aliphatic heterocycles. The van der Waals surface area contributed by atoms with Gasteiger partial charge in [0.05, 0.1) is 96.7 Å². The number of fused-ring (bicyclic) bond motifs is 22. The van der Waals surface area contributed by atoms with Gasteiger partial charge < -0.3 is 50.6 Å². The summed E-state index contributed by atoms with van der Waals surface area (Å²) in [6, 6.07) is 110. The average molecular weight is 1580 g/mol. The molecule has 8 heterocycles. The molecule has 0 amide bonds. The highest BCUT2D eigenvalue weighted by Crippen LogP contribution is 2.57. The van der Waals surface area contributed by atoms with Crippen molar-refractivity contribution in [1.29, 1.82) is 0 Å². The lowest BCUT2D eigenvalue weighted by atomic mass is 9.73. The Bertz CT molecular complexity index is 7330. The molecule has 13 nitrogen and oxygen atoms in total. The average Bonchev–Trinajstić information content (AvgIpc) is 1.49. The number of carbonyl (C=O) groups is 2. The van der Waals surface area contributed by atoms with Gasteiger partial charge in [0.15, 0.2) is 0 Å². The molecule has 0 aliphatic carbocycles. The molecule has 0 fully saturated rings. The number of benzene rings is 15. The van der Waals surface area contributed by atoms with E-state index in [0.29, 0.717) is 5.56 Å². The number of carbonyl (C=O) groups excluding carboxylic acids is 2. The van der Waals surface area contributed by atoms with Crippen molar-refractivity contribution in [2.24, 2.45) is 0 Å². The molecule has 15 aromatic carbocycles. The first-order valence-corrected chi connectivity index (χ1v) is 39.9. The maximum absolute atomic E-state index is 14.0. The summed E-state index contributed by atoms with van der Waals surface area (Å²) in [6.45, 7) is 12.8. The number of aromatic amines is 4. The van der Waals surface area contributed by atoms with Crippen molar-refractivity contribution >= 4 is 188 Å². The molecule has 0 radical (unpaired) electrons. The van der Waals surface area contributed by atoms with E-state index in [0.717, 1.165) is 105 Å². The predicted octanol–water partition coefficient (Wildman–Crippen LogP) is 26.8. The Morgan fingerprint density at radius 3 is 1.47 bits per heavy atom. The van der Waals surface area contributed by atoms with Crippen LogP contribution in [0.5, 0.6) is 0 Å². The first kappa shape index (κ1) is 72.3. The van der Waals surface area contributed by atoms with Crippen LogP contribution in [0.25, 0.3) is 109 Å². The van der Waals surface area contributed by atoms with Gasteiger partial charge in [-0.05, 0) is 143 Å². The second-order valence-corrected chi connectivity index (χ2v) is 32.3. The Balaban J connectivity index is 0.0000000985. The molecule has 0 bridgehead atoms. The molecule has 116 heavy (non-hydrogen) atoms. The van der Waals surface area contributed by atoms with Crippen molar-refractivity contribution in [2.45, 2.75) is 58.0 Å². The molecular weight excluding hydrogens is 1500 g/mol. The van der Waals surface area contributed by atoms with Crippen molar-refractivity contribution in [1.82, 2.24) is 24.5 Å². The van der Waals surface area contributed by atoms with Crippen LogP contribution in [0.4, 0.5) is 51.2 Å². The smallest absolute Gasteiger partial charge is 0.339 e. The van der Waals surface area contributed by atoms with Gasteiger partial charge in [-0.25, -0.2) is 4.79 Å². The van der Waals surface area contributed by atoms with Crippen molar-refractivity contribution in [2.75, 3.05) is 28.0 Å². The number of halogens is 1. The molecule has 3 aliphatic rings. The van der Waals surface area contributed by atoms with Crippen LogP contribution < -0.4 is 20.9 Å². The van der Waals surface area contributed by atoms with E-state index < -0.39 is 5.60 Å². The number of H-pyrrole nitrogens is 4. The first-order valence-electron chi connectivity index (χ1n) is 39.1. The Morgan fingerprint density at radius 1 is 0.405 bits per heavy atom. The van der Waals surface area contributed by atoms with E-state index in [1.165, 1.54) is 101 Å². The van der Waals surface area contributed by atoms with E-state index in [1.54, 1.807) is 19.9 Å². The number of hydrogen-bond acceptors (Lipinski definition) is 8. The van der Waals surface area contributed by atoms with Gasteiger partial charge in [-0.3, -0.25) is 9.36 Å². The maximum Gasteiger partial charge on any atom is 0.339 e. The molecule has 0 saturated heterocycles. The van der Waals surface area contributed by atoms with Gasteiger partial charge in [0, 0.05) is 108 Å². The summed E-state index contributed by atoms with van der Waals surface area (Å²) in [5, 5.41) is 33.0. The number of hydrogen-bond donors (Lipinski definition) is 8. The van der Waals surface area contributed by atoms with Gasteiger partial charge in [-0.1, -0.05) is 258 Å². The van der Waals surface area contributed by atoms with Crippen LogP contribution in [-0.2, 0) is 21.2 Å². The summed E-state index contributed by atoms with van der Waals surface area (Å²) in [4.78, 5) is 42.2. The van der Waals surface area contributed by atoms with Crippen molar-refractivity contribution in [3.8, 4) is 0 Å². The molecule has 5 aromatic heterocycles. The van der Waals surface area contributed by atoms with Crippen molar-refractivity contribution in [3.63, 3.8) is 0 Å². The van der Waals surface area contributed by atoms with E-state index in [-0.39, 0.29) is 22.7 Å². The normalized spacial score (nSPS) is 13.3. The molecule has 0 spiro atoms. The fraction of sp³-hybridized carbons (Fsp3) is 0.0980. The number of aromatic nitrogens is 5. The lowest BCUT2D eigenvalue weighted by Crippen LogP contribution is -2.30. The molecule has 23 rings (SSSR count). The molecule has 0 atom stereocenters. The Labute approximate surface area is 678 Å². The summed E-state index contributed by atoms with van der Waals surface area (Å²) in [5.74, 6) is -0.332. The van der Waals surface area contributed by atoms with Gasteiger partial charge in [0.1, 0.15) is 0 Å². The fourth-order valence-corrected chi connectivity index (χ4v) is 18.2. The summed E-state index contributed by atoms with van der Waals surface area (Å²) in [7, 11) is 1.39. The summed E-state index contributed by atoms with van der Waals surface area (Å²) in [6.07, 6.45) is 0. The molecule has 0 unspecified atom stereocenters. The topological polar surface area (TPSA) is 171 Å². The lowest BCUT2D eigenvalue weighted by molar-refractivity contribution is 0.0601. The van der Waals surface area contributed by atoms with Crippen LogP contribution in [0.1, 0.15) is 90.1 Å². The number of esters is 1. The van der Waals surface area contributed by atoms with Crippen molar-refractivity contribution < 1.29 is 19.4 Å². The monoisotopic (exact) mass is 1580 g/mol. The summed E-state index contributed by atoms with van der Waals surface area (Å²) >= 11 is 3.54. The number of nitrogens with zero attached hydrogens (tertiary/aromatic N) is 2. The van der Waals surface area contributed by atoms with Gasteiger partial charge >= 0.3 is 5.97 Å². The van der Waals surface area contributed by atoms with Gasteiger partial charge in [-0.2, -0.15) is 0 Å². The number of anilines is 9. The molecule has 20 aromatic rings. The Hall–Kier alpha value is -13.9. The molecule has 14 heteroatoms. The third-order valence-electron chi connectivity index (χ3n) is 23.3. The van der Waals surface area contributed by atoms with Crippen LogP contribution in [0.3, 0.4) is 0 Å². The maximum atomic E-state index is 14.0. The Morgan fingerprint density at radius 2 is 0.845 bits per heavy atom. The SMILES string of the molecule is Brc1cccc2c1[nH]c1ccccc12.CC(C)(O)c1ccccc1Nc1cccc2c1[nH]c1ccccc12.CC1(C)c2ccccc2N2c3ccccc3C(=O)n3c4ccccc4c4ccc1c2c43.CC1(C)c2ccccc2Nc2c1ccc1c2[nH]c2ccccc21.COC(=O)c1ccccc1Nc1cccc2c1[nH]c1ccccc12. The third kappa shape index (κ3) is 12.2. The number of aliphatic hydroxyl groups is 1. The molecule has 0 saturated carbocycles. The largest absolute Gasteiger partial charge is 0.465 e. The molecule has 566 valence electrons. The highest BCUT2D eigenvalue weighted by Gasteiger charge is 2.42. The quantitative estimate of drug-likeness (QED) is 0.0761. The van der Waals surface area contributed by atoms with E-state index in [1.807, 2.05) is 114 Å². The van der Waals surface area contributed by atoms with Crippen LogP contribution in [0.2, 0.25) is 0 Å². The second-order valence-electron chi connectivity index (χ2n) is 31.4. The number of rotatable bonds is 6. The van der Waals surface area contributed by atoms with E-state index in [2.05, 4.69) is 291 Å². The fourth-order valence-electron chi connectivity index (χ4n) is 17.7. The zero-order valence-electron chi connectivity index (χ0n) is 65.0. The molecular formula is C102H82BrN9O4. The summed E-state index contributed by atoms with van der Waals surface area (Å²) < 4.78 is 7.92. The number of ether oxygens (including phenoxy) is 1. The van der Waals surface area contributed by atoms with Gasteiger partial charge in [-0.15, -0.1) is 0 Å². The number of para-hydroxylation sites is 13. The zero-order valence-corrected chi connectivity index (χ0v) is 66.6. The number of methoxy groups -OCH3 is 1. The predicted molar refractivity (Wildman–Crippen MR) is 485 cm³/mol. The van der Waals surface area contributed by atoms with Crippen molar-refractivity contribution in [3.05, 3.63) is 365 Å². The lowest BCUT2D eigenvalue weighted by Gasteiger charge is -2.42. The number of nitrogens with one attached hydrogen (secondary N) is 7. The first-order chi connectivity index (χ1) is 56.4. The van der Waals surface area contributed by atoms with Crippen LogP contribution >= 0.6 is 15.9 Å². The minimum atomic E-state index is -0.905. The zero-order chi connectivity index (χ0) is 79.3. The highest BCUT2D eigenvalue weighted by molar-refractivity contribution is 9.10. The summed E-state index contributed by atoms with van der Waals surface area (Å²) in [5.41, 5.74) is 26.4. The Kier molecular flexibility index (Phi) is 17.8. The highest BCUT2D eigenvalue weighted by atomic mass is 79.9. The second kappa shape index (κ2) is 28.6. The minimum absolute atomic E-state index is 0.0112. The van der Waals surface area contributed by atoms with Gasteiger partial charge in [0.25, 0.3) is 5.91 Å². The van der Waals surface area contributed by atoms with Crippen LogP contribution in [0.15, 0.2) is 326 Å². The van der Waals surface area contributed by atoms with Crippen LogP contribution in [-0.4, -0.2) is 48.6 Å². The third-order valence-corrected chi connectivity index (χ3v) is 24.0. The van der Waals surface area contributed by atoms with Gasteiger partial charge in [0.2, 0.25) is 0 Å². The standard InChI is InChI=1S/C28H20N2O.C21H20N2O.C21H18N2.C20H16N2O2.C12H8BrN/c1-28(2)20-11-5-8-14-24(20)29-23-13-7-4-10-19(23)27(31)30-22-12-6-3-9-17(22)18-15-16-21(28)26(29)25(18)30;1-21(2,24)16-10-4-6-12-18(16)22-19-13-7-9-15-14-8-3-5-11-17(14)23-20(15)19;1-21(2)15-8-4-6-10-18(15)23-20-16(21)12-11-14-13-7-3-5-9-17(13)22-19(14)20;1-24-20(23)15-8-3-5-11-17(15)21-18-12-6-9-14-13-7-2-4-10-16(13)22-19(14)18;13-10-6-3-5-9-8-4-1-2-7-11(8)14-12(9)10/h3-16H,1-2H3;3-13,22-24H,1-2H3;3-12,22-23H,1-2H3;2-12,21-22H,1H3;1-7,14H. The van der Waals surface area contributed by atoms with Crippen LogP contribution in [0, 0.1) is 0 Å².